The van der Waals surface area contributed by atoms with Crippen molar-refractivity contribution < 1.29 is 14.5 Å². The summed E-state index contributed by atoms with van der Waals surface area (Å²) in [5.74, 6) is 1.18. The topological polar surface area (TPSA) is 88.8 Å². The van der Waals surface area contributed by atoms with E-state index >= 15 is 0 Å². The molecule has 2 aromatic carbocycles. The van der Waals surface area contributed by atoms with Gasteiger partial charge in [-0.1, -0.05) is 6.07 Å². The van der Waals surface area contributed by atoms with Gasteiger partial charge < -0.3 is 14.5 Å². The van der Waals surface area contributed by atoms with Gasteiger partial charge in [-0.3, -0.25) is 19.9 Å². The van der Waals surface area contributed by atoms with E-state index in [-0.39, 0.29) is 11.6 Å². The highest BCUT2D eigenvalue weighted by Gasteiger charge is 2.25. The maximum absolute atomic E-state index is 13.0. The molecule has 0 spiro atoms. The number of pyridine rings is 1. The summed E-state index contributed by atoms with van der Waals surface area (Å²) in [6.07, 6.45) is 3.43. The second-order valence-corrected chi connectivity index (χ2v) is 8.58. The molecule has 0 atom stereocenters. The minimum atomic E-state index is -0.427. The summed E-state index contributed by atoms with van der Waals surface area (Å²) < 4.78 is 5.20. The van der Waals surface area contributed by atoms with Crippen LogP contribution >= 0.6 is 11.8 Å². The van der Waals surface area contributed by atoms with Gasteiger partial charge in [-0.05, 0) is 48.0 Å². The molecular weight excluding hydrogens is 440 g/mol. The summed E-state index contributed by atoms with van der Waals surface area (Å²) in [6.45, 7) is 2.49. The number of ether oxygens (including phenoxy) is 1. The number of hydrogen-bond donors (Lipinski definition) is 0. The van der Waals surface area contributed by atoms with Crippen molar-refractivity contribution in [3.63, 3.8) is 0 Å². The lowest BCUT2D eigenvalue weighted by Crippen LogP contribution is -2.48. The van der Waals surface area contributed by atoms with E-state index in [1.54, 1.807) is 36.5 Å². The van der Waals surface area contributed by atoms with E-state index in [0.29, 0.717) is 42.4 Å². The average molecular weight is 465 g/mol. The number of nitro groups is 1. The molecule has 4 rings (SSSR count). The predicted molar refractivity (Wildman–Crippen MR) is 128 cm³/mol. The number of hydrogen-bond acceptors (Lipinski definition) is 7. The first-order valence-corrected chi connectivity index (χ1v) is 11.5. The fourth-order valence-electron chi connectivity index (χ4n) is 3.70. The van der Waals surface area contributed by atoms with Crippen LogP contribution in [-0.2, 0) is 5.75 Å². The van der Waals surface area contributed by atoms with Gasteiger partial charge in [0.1, 0.15) is 5.75 Å². The third-order valence-corrected chi connectivity index (χ3v) is 6.66. The van der Waals surface area contributed by atoms with Gasteiger partial charge in [-0.2, -0.15) is 0 Å². The van der Waals surface area contributed by atoms with Gasteiger partial charge in [0.15, 0.2) is 0 Å². The molecule has 9 heteroatoms. The van der Waals surface area contributed by atoms with Crippen LogP contribution in [-0.4, -0.2) is 54.0 Å². The fraction of sp³-hybridized carbons (Fsp3) is 0.250. The zero-order valence-corrected chi connectivity index (χ0v) is 19.0. The van der Waals surface area contributed by atoms with E-state index in [1.807, 2.05) is 36.4 Å². The lowest BCUT2D eigenvalue weighted by atomic mass is 10.1. The normalized spacial score (nSPS) is 13.6. The van der Waals surface area contributed by atoms with Gasteiger partial charge in [-0.25, -0.2) is 0 Å². The first-order chi connectivity index (χ1) is 16.0. The lowest BCUT2D eigenvalue weighted by molar-refractivity contribution is -0.387. The Kier molecular flexibility index (Phi) is 7.09. The molecule has 1 fully saturated rings. The SMILES string of the molecule is COc1ccc(N2CCN(C(=O)c3ccc(SCc4cccnc4)c([N+](=O)[O-])c3)CC2)cc1. The largest absolute Gasteiger partial charge is 0.497 e. The van der Waals surface area contributed by atoms with Crippen LogP contribution in [0.3, 0.4) is 0 Å². The Morgan fingerprint density at radius 2 is 1.88 bits per heavy atom. The molecule has 2 heterocycles. The summed E-state index contributed by atoms with van der Waals surface area (Å²) in [5.41, 5.74) is 2.34. The standard InChI is InChI=1S/C24H24N4O4S/c1-32-21-7-5-20(6-8-21)26-11-13-27(14-12-26)24(29)19-4-9-23(22(15-19)28(30)31)33-17-18-3-2-10-25-16-18/h2-10,15-16H,11-14,17H2,1H3. The number of amides is 1. The summed E-state index contributed by atoms with van der Waals surface area (Å²) in [5, 5.41) is 11.7. The Hall–Kier alpha value is -3.59. The van der Waals surface area contributed by atoms with Gasteiger partial charge in [0, 0.05) is 61.6 Å². The maximum atomic E-state index is 13.0. The molecule has 1 aromatic heterocycles. The Morgan fingerprint density at radius 3 is 2.52 bits per heavy atom. The summed E-state index contributed by atoms with van der Waals surface area (Å²) in [6, 6.07) is 16.3. The van der Waals surface area contributed by atoms with Crippen LogP contribution in [0, 0.1) is 10.1 Å². The first kappa shape index (κ1) is 22.6. The third kappa shape index (κ3) is 5.43. The number of rotatable bonds is 7. The molecule has 0 bridgehead atoms. The number of carbonyl (C=O) groups excluding carboxylic acids is 1. The molecule has 0 radical (unpaired) electrons. The number of nitrogens with zero attached hydrogens (tertiary/aromatic N) is 4. The van der Waals surface area contributed by atoms with Gasteiger partial charge in [0.2, 0.25) is 0 Å². The number of piperazine rings is 1. The molecule has 3 aromatic rings. The fourth-order valence-corrected chi connectivity index (χ4v) is 4.64. The van der Waals surface area contributed by atoms with Crippen molar-refractivity contribution in [2.24, 2.45) is 0 Å². The third-order valence-electron chi connectivity index (χ3n) is 5.52. The van der Waals surface area contributed by atoms with E-state index in [0.717, 1.165) is 17.0 Å². The van der Waals surface area contributed by atoms with Gasteiger partial charge in [0.05, 0.1) is 16.9 Å². The van der Waals surface area contributed by atoms with Crippen LogP contribution in [0.4, 0.5) is 11.4 Å². The number of methoxy groups -OCH3 is 1. The Balaban J connectivity index is 1.41. The molecule has 0 unspecified atom stereocenters. The number of nitro benzene ring substituents is 1. The molecule has 8 nitrogen and oxygen atoms in total. The lowest BCUT2D eigenvalue weighted by Gasteiger charge is -2.36. The molecule has 0 N–H and O–H groups in total. The Labute approximate surface area is 196 Å². The quantitative estimate of drug-likeness (QED) is 0.293. The van der Waals surface area contributed by atoms with Crippen LogP contribution in [0.25, 0.3) is 0 Å². The monoisotopic (exact) mass is 464 g/mol. The molecule has 1 saturated heterocycles. The highest BCUT2D eigenvalue weighted by Crippen LogP contribution is 2.32. The number of aromatic nitrogens is 1. The number of anilines is 1. The van der Waals surface area contributed by atoms with E-state index in [1.165, 1.54) is 17.8 Å². The molecule has 1 aliphatic rings. The van der Waals surface area contributed by atoms with Gasteiger partial charge >= 0.3 is 0 Å². The highest BCUT2D eigenvalue weighted by atomic mass is 32.2. The van der Waals surface area contributed by atoms with Crippen molar-refractivity contribution in [1.82, 2.24) is 9.88 Å². The van der Waals surface area contributed by atoms with E-state index in [2.05, 4.69) is 9.88 Å². The zero-order chi connectivity index (χ0) is 23.2. The first-order valence-electron chi connectivity index (χ1n) is 10.5. The highest BCUT2D eigenvalue weighted by molar-refractivity contribution is 7.98. The van der Waals surface area contributed by atoms with Crippen molar-refractivity contribution in [2.45, 2.75) is 10.6 Å². The van der Waals surface area contributed by atoms with Crippen LogP contribution < -0.4 is 9.64 Å². The van der Waals surface area contributed by atoms with E-state index in [4.69, 9.17) is 4.74 Å². The van der Waals surface area contributed by atoms with Crippen molar-refractivity contribution >= 4 is 29.0 Å². The minimum absolute atomic E-state index is 0.0494. The summed E-state index contributed by atoms with van der Waals surface area (Å²) in [4.78, 5) is 32.9. The molecule has 1 amide bonds. The molecule has 170 valence electrons. The van der Waals surface area contributed by atoms with E-state index < -0.39 is 4.92 Å². The van der Waals surface area contributed by atoms with E-state index in [9.17, 15) is 14.9 Å². The second-order valence-electron chi connectivity index (χ2n) is 7.57. The number of carbonyl (C=O) groups is 1. The molecule has 1 aliphatic heterocycles. The molecular formula is C24H24N4O4S. The second kappa shape index (κ2) is 10.4. The smallest absolute Gasteiger partial charge is 0.283 e. The number of benzene rings is 2. The van der Waals surface area contributed by atoms with Gasteiger partial charge in [-0.15, -0.1) is 11.8 Å². The predicted octanol–water partition coefficient (Wildman–Crippen LogP) is 4.25. The Bertz CT molecular complexity index is 1120. The van der Waals surface area contributed by atoms with Crippen molar-refractivity contribution in [3.8, 4) is 5.75 Å². The molecule has 0 aliphatic carbocycles. The van der Waals surface area contributed by atoms with Gasteiger partial charge in [0.25, 0.3) is 11.6 Å². The zero-order valence-electron chi connectivity index (χ0n) is 18.2. The van der Waals surface area contributed by atoms with Crippen LogP contribution in [0.15, 0.2) is 71.9 Å². The minimum Gasteiger partial charge on any atom is -0.497 e. The van der Waals surface area contributed by atoms with Crippen molar-refractivity contribution in [2.75, 3.05) is 38.2 Å². The maximum Gasteiger partial charge on any atom is 0.283 e. The number of thioether (sulfide) groups is 1. The van der Waals surface area contributed by atoms with Crippen molar-refractivity contribution in [3.05, 3.63) is 88.2 Å². The van der Waals surface area contributed by atoms with Crippen molar-refractivity contribution in [1.29, 1.82) is 0 Å². The molecule has 33 heavy (non-hydrogen) atoms. The van der Waals surface area contributed by atoms with Crippen LogP contribution in [0.2, 0.25) is 0 Å². The molecule has 0 saturated carbocycles. The van der Waals surface area contributed by atoms with Crippen LogP contribution in [0.1, 0.15) is 15.9 Å². The van der Waals surface area contributed by atoms with Crippen LogP contribution in [0.5, 0.6) is 5.75 Å². The summed E-state index contributed by atoms with van der Waals surface area (Å²) >= 11 is 1.36. The average Bonchev–Trinajstić information content (AvgIpc) is 2.87. The summed E-state index contributed by atoms with van der Waals surface area (Å²) in [7, 11) is 1.63. The Morgan fingerprint density at radius 1 is 1.12 bits per heavy atom.